The van der Waals surface area contributed by atoms with E-state index in [1.807, 2.05) is 0 Å². The van der Waals surface area contributed by atoms with Crippen molar-refractivity contribution in [1.82, 2.24) is 4.90 Å². The number of carbonyl (C=O) groups excluding carboxylic acids is 1. The zero-order chi connectivity index (χ0) is 14.7. The van der Waals surface area contributed by atoms with Crippen LogP contribution in [0, 0.1) is 0 Å². The molecule has 1 heterocycles. The maximum atomic E-state index is 12.4. The third-order valence-electron chi connectivity index (χ3n) is 2.99. The Morgan fingerprint density at radius 1 is 1.40 bits per heavy atom. The van der Waals surface area contributed by atoms with Crippen molar-refractivity contribution < 1.29 is 19.4 Å². The van der Waals surface area contributed by atoms with Crippen LogP contribution in [-0.2, 0) is 9.53 Å². The molecule has 0 bridgehead atoms. The van der Waals surface area contributed by atoms with Crippen molar-refractivity contribution in [2.75, 3.05) is 19.7 Å². The number of benzene rings is 1. The number of carboxylic acid groups (broad SMARTS) is 1. The zero-order valence-electron chi connectivity index (χ0n) is 10.5. The minimum Gasteiger partial charge on any atom is -0.481 e. The van der Waals surface area contributed by atoms with Gasteiger partial charge in [0.1, 0.15) is 0 Å². The molecule has 1 aromatic carbocycles. The molecule has 0 saturated carbocycles. The first-order valence-corrected chi connectivity index (χ1v) is 6.80. The largest absolute Gasteiger partial charge is 0.481 e. The summed E-state index contributed by atoms with van der Waals surface area (Å²) in [6.07, 6.45) is -0.616. The van der Waals surface area contributed by atoms with Crippen LogP contribution < -0.4 is 0 Å². The molecule has 1 amide bonds. The number of carbonyl (C=O) groups is 2. The van der Waals surface area contributed by atoms with Crippen molar-refractivity contribution in [3.63, 3.8) is 0 Å². The number of carboxylic acids is 1. The van der Waals surface area contributed by atoms with Crippen LogP contribution in [0.5, 0.6) is 0 Å². The van der Waals surface area contributed by atoms with E-state index in [0.717, 1.165) is 0 Å². The first-order chi connectivity index (χ1) is 9.47. The molecule has 0 aliphatic carbocycles. The summed E-state index contributed by atoms with van der Waals surface area (Å²) in [7, 11) is 0. The summed E-state index contributed by atoms with van der Waals surface area (Å²) in [6.45, 7) is 0.965. The van der Waals surface area contributed by atoms with E-state index in [1.165, 1.54) is 6.07 Å². The summed E-state index contributed by atoms with van der Waals surface area (Å²) >= 11 is 11.8. The van der Waals surface area contributed by atoms with E-state index in [9.17, 15) is 9.59 Å². The van der Waals surface area contributed by atoms with Gasteiger partial charge in [-0.15, -0.1) is 0 Å². The van der Waals surface area contributed by atoms with Gasteiger partial charge in [-0.25, -0.2) is 0 Å². The lowest BCUT2D eigenvalue weighted by atomic mass is 10.1. The number of amides is 1. The van der Waals surface area contributed by atoms with Gasteiger partial charge in [0, 0.05) is 18.1 Å². The van der Waals surface area contributed by atoms with Crippen molar-refractivity contribution in [3.05, 3.63) is 33.8 Å². The van der Waals surface area contributed by atoms with Crippen molar-refractivity contribution in [2.24, 2.45) is 0 Å². The van der Waals surface area contributed by atoms with Gasteiger partial charge in [0.25, 0.3) is 5.91 Å². The summed E-state index contributed by atoms with van der Waals surface area (Å²) in [5.41, 5.74) is 0.354. The van der Waals surface area contributed by atoms with E-state index in [0.29, 0.717) is 23.7 Å². The molecule has 20 heavy (non-hydrogen) atoms. The maximum Gasteiger partial charge on any atom is 0.306 e. The van der Waals surface area contributed by atoms with Crippen LogP contribution in [0.2, 0.25) is 10.0 Å². The predicted molar refractivity (Wildman–Crippen MR) is 74.4 cm³/mol. The Kier molecular flexibility index (Phi) is 4.86. The Balaban J connectivity index is 2.10. The molecule has 1 fully saturated rings. The number of halogens is 2. The third kappa shape index (κ3) is 3.62. The van der Waals surface area contributed by atoms with Gasteiger partial charge >= 0.3 is 5.97 Å². The third-order valence-corrected chi connectivity index (χ3v) is 3.54. The van der Waals surface area contributed by atoms with Crippen molar-refractivity contribution in [2.45, 2.75) is 12.5 Å². The number of ether oxygens (including phenoxy) is 1. The highest BCUT2D eigenvalue weighted by molar-refractivity contribution is 6.36. The molecule has 1 N–H and O–H groups in total. The van der Waals surface area contributed by atoms with Gasteiger partial charge in [-0.3, -0.25) is 9.59 Å². The van der Waals surface area contributed by atoms with Crippen molar-refractivity contribution >= 4 is 35.1 Å². The molecule has 1 aliphatic rings. The minimum atomic E-state index is -0.950. The molecule has 7 heteroatoms. The lowest BCUT2D eigenvalue weighted by Gasteiger charge is -2.32. The van der Waals surface area contributed by atoms with E-state index < -0.39 is 12.1 Å². The van der Waals surface area contributed by atoms with Gasteiger partial charge in [0.05, 0.1) is 29.7 Å². The number of aliphatic carboxylic acids is 1. The zero-order valence-corrected chi connectivity index (χ0v) is 12.0. The van der Waals surface area contributed by atoms with E-state index >= 15 is 0 Å². The van der Waals surface area contributed by atoms with Gasteiger partial charge in [-0.1, -0.05) is 23.2 Å². The molecule has 0 radical (unpaired) electrons. The van der Waals surface area contributed by atoms with Crippen LogP contribution in [0.3, 0.4) is 0 Å². The summed E-state index contributed by atoms with van der Waals surface area (Å²) < 4.78 is 5.33. The van der Waals surface area contributed by atoms with Gasteiger partial charge in [0.2, 0.25) is 0 Å². The average Bonchev–Trinajstić information content (AvgIpc) is 2.37. The van der Waals surface area contributed by atoms with Crippen LogP contribution >= 0.6 is 23.2 Å². The number of hydrogen-bond acceptors (Lipinski definition) is 3. The van der Waals surface area contributed by atoms with E-state index in [-0.39, 0.29) is 23.9 Å². The van der Waals surface area contributed by atoms with Crippen LogP contribution in [0.4, 0.5) is 0 Å². The quantitative estimate of drug-likeness (QED) is 0.929. The second kappa shape index (κ2) is 6.43. The fourth-order valence-electron chi connectivity index (χ4n) is 2.06. The molecule has 5 nitrogen and oxygen atoms in total. The number of morpholine rings is 1. The minimum absolute atomic E-state index is 0.127. The van der Waals surface area contributed by atoms with Crippen LogP contribution in [0.1, 0.15) is 16.8 Å². The van der Waals surface area contributed by atoms with E-state index in [4.69, 9.17) is 33.0 Å². The first-order valence-electron chi connectivity index (χ1n) is 6.05. The molecule has 0 aromatic heterocycles. The van der Waals surface area contributed by atoms with Gasteiger partial charge in [-0.2, -0.15) is 0 Å². The lowest BCUT2D eigenvalue weighted by molar-refractivity contribution is -0.141. The van der Waals surface area contributed by atoms with Crippen LogP contribution in [-0.4, -0.2) is 47.7 Å². The standard InChI is InChI=1S/C13H13Cl2NO4/c14-8-1-2-10(11(15)5-8)13(19)16-3-4-20-9(7-16)6-12(17)18/h1-2,5,9H,3-4,6-7H2,(H,17,18). The Bertz CT molecular complexity index is 535. The van der Waals surface area contributed by atoms with Crippen molar-refractivity contribution in [1.29, 1.82) is 0 Å². The second-order valence-electron chi connectivity index (χ2n) is 4.47. The van der Waals surface area contributed by atoms with E-state index in [1.54, 1.807) is 17.0 Å². The molecule has 1 unspecified atom stereocenters. The summed E-state index contributed by atoms with van der Waals surface area (Å²) in [4.78, 5) is 24.6. The van der Waals surface area contributed by atoms with Crippen molar-refractivity contribution in [3.8, 4) is 0 Å². The Morgan fingerprint density at radius 2 is 2.15 bits per heavy atom. The molecule has 108 valence electrons. The first kappa shape index (κ1) is 15.1. The fourth-order valence-corrected chi connectivity index (χ4v) is 2.54. The highest BCUT2D eigenvalue weighted by atomic mass is 35.5. The summed E-state index contributed by atoms with van der Waals surface area (Å²) in [5.74, 6) is -1.20. The normalized spacial score (nSPS) is 18.9. The molecular formula is C13H13Cl2NO4. The van der Waals surface area contributed by atoms with Crippen LogP contribution in [0.25, 0.3) is 0 Å². The number of nitrogens with zero attached hydrogens (tertiary/aromatic N) is 1. The smallest absolute Gasteiger partial charge is 0.306 e. The summed E-state index contributed by atoms with van der Waals surface area (Å²) in [5, 5.41) is 9.50. The highest BCUT2D eigenvalue weighted by Gasteiger charge is 2.27. The molecule has 1 saturated heterocycles. The summed E-state index contributed by atoms with van der Waals surface area (Å²) in [6, 6.07) is 4.66. The highest BCUT2D eigenvalue weighted by Crippen LogP contribution is 2.23. The van der Waals surface area contributed by atoms with Gasteiger partial charge in [0.15, 0.2) is 0 Å². The molecule has 1 atom stereocenters. The number of rotatable bonds is 3. The molecule has 1 aromatic rings. The lowest BCUT2D eigenvalue weighted by Crippen LogP contribution is -2.46. The molecule has 2 rings (SSSR count). The SMILES string of the molecule is O=C(O)CC1CN(C(=O)c2ccc(Cl)cc2Cl)CCO1. The molecular weight excluding hydrogens is 305 g/mol. The topological polar surface area (TPSA) is 66.8 Å². The Morgan fingerprint density at radius 3 is 2.80 bits per heavy atom. The van der Waals surface area contributed by atoms with Gasteiger partial charge < -0.3 is 14.7 Å². The average molecular weight is 318 g/mol. The van der Waals surface area contributed by atoms with Crippen LogP contribution in [0.15, 0.2) is 18.2 Å². The monoisotopic (exact) mass is 317 g/mol. The van der Waals surface area contributed by atoms with Gasteiger partial charge in [-0.05, 0) is 18.2 Å². The Labute approximate surface area is 126 Å². The number of hydrogen-bond donors (Lipinski definition) is 1. The second-order valence-corrected chi connectivity index (χ2v) is 5.31. The molecule has 1 aliphatic heterocycles. The fraction of sp³-hybridized carbons (Fsp3) is 0.385. The van der Waals surface area contributed by atoms with E-state index in [2.05, 4.69) is 0 Å². The molecule has 0 spiro atoms. The Hall–Kier alpha value is -1.30. The maximum absolute atomic E-state index is 12.4. The predicted octanol–water partition coefficient (Wildman–Crippen LogP) is 2.31.